The molecular formula is C13H10F3NO. The molecule has 0 bridgehead atoms. The summed E-state index contributed by atoms with van der Waals surface area (Å²) in [4.78, 5) is 12.0. The molecule has 1 aromatic rings. The van der Waals surface area contributed by atoms with Crippen LogP contribution in [0.5, 0.6) is 0 Å². The highest BCUT2D eigenvalue weighted by molar-refractivity contribution is 6.02. The zero-order valence-electron chi connectivity index (χ0n) is 9.42. The van der Waals surface area contributed by atoms with Gasteiger partial charge in [-0.05, 0) is 31.4 Å². The van der Waals surface area contributed by atoms with Gasteiger partial charge in [0, 0.05) is 5.56 Å². The molecule has 0 aromatic heterocycles. The van der Waals surface area contributed by atoms with Gasteiger partial charge < -0.3 is 0 Å². The van der Waals surface area contributed by atoms with E-state index in [4.69, 9.17) is 5.26 Å². The van der Waals surface area contributed by atoms with Crippen molar-refractivity contribution in [3.63, 3.8) is 0 Å². The van der Waals surface area contributed by atoms with Crippen molar-refractivity contribution in [3.8, 4) is 6.07 Å². The van der Waals surface area contributed by atoms with E-state index in [1.54, 1.807) is 0 Å². The minimum absolute atomic E-state index is 0.171. The molecule has 0 unspecified atom stereocenters. The molecule has 1 aliphatic rings. The Morgan fingerprint density at radius 1 is 1.22 bits per heavy atom. The number of carbonyl (C=O) groups excluding carboxylic acids is 1. The van der Waals surface area contributed by atoms with Gasteiger partial charge >= 0.3 is 6.18 Å². The number of nitrogens with zero attached hydrogens (tertiary/aromatic N) is 1. The fourth-order valence-corrected chi connectivity index (χ4v) is 2.01. The number of hydrogen-bond donors (Lipinski definition) is 0. The van der Waals surface area contributed by atoms with Crippen LogP contribution in [0.25, 0.3) is 0 Å². The van der Waals surface area contributed by atoms with Gasteiger partial charge in [0.15, 0.2) is 5.78 Å². The first-order chi connectivity index (χ1) is 8.39. The van der Waals surface area contributed by atoms with Gasteiger partial charge in [0.25, 0.3) is 0 Å². The Labute approximate surface area is 102 Å². The summed E-state index contributed by atoms with van der Waals surface area (Å²) in [7, 11) is 0. The van der Waals surface area contributed by atoms with Crippen LogP contribution >= 0.6 is 0 Å². The van der Waals surface area contributed by atoms with Gasteiger partial charge in [0.2, 0.25) is 0 Å². The zero-order valence-corrected chi connectivity index (χ0v) is 9.42. The molecule has 1 aromatic carbocycles. The van der Waals surface area contributed by atoms with Crippen molar-refractivity contribution in [3.05, 3.63) is 35.4 Å². The molecule has 0 heterocycles. The second kappa shape index (κ2) is 4.13. The van der Waals surface area contributed by atoms with Gasteiger partial charge in [-0.1, -0.05) is 12.1 Å². The monoisotopic (exact) mass is 253 g/mol. The molecule has 18 heavy (non-hydrogen) atoms. The SMILES string of the molecule is N#CC1(C(=O)c2ccc(C(F)(F)F)cc2)CCC1. The number of halogens is 3. The number of rotatable bonds is 2. The number of hydrogen-bond acceptors (Lipinski definition) is 2. The van der Waals surface area contributed by atoms with Crippen molar-refractivity contribution in [2.24, 2.45) is 5.41 Å². The van der Waals surface area contributed by atoms with E-state index in [1.807, 2.05) is 6.07 Å². The van der Waals surface area contributed by atoms with Crippen LogP contribution in [-0.4, -0.2) is 5.78 Å². The summed E-state index contributed by atoms with van der Waals surface area (Å²) in [5.74, 6) is -0.370. The number of benzene rings is 1. The third-order valence-electron chi connectivity index (χ3n) is 3.33. The van der Waals surface area contributed by atoms with E-state index in [0.29, 0.717) is 12.8 Å². The zero-order chi connectivity index (χ0) is 13.4. The quantitative estimate of drug-likeness (QED) is 0.756. The second-order valence-electron chi connectivity index (χ2n) is 4.45. The minimum Gasteiger partial charge on any atom is -0.292 e. The summed E-state index contributed by atoms with van der Waals surface area (Å²) in [6.07, 6.45) is -2.63. The third kappa shape index (κ3) is 1.99. The number of ketones is 1. The van der Waals surface area contributed by atoms with E-state index in [0.717, 1.165) is 30.7 Å². The maximum absolute atomic E-state index is 12.4. The molecule has 2 nitrogen and oxygen atoms in total. The average molecular weight is 253 g/mol. The number of nitriles is 1. The van der Waals surface area contributed by atoms with Crippen molar-refractivity contribution in [1.82, 2.24) is 0 Å². The van der Waals surface area contributed by atoms with Crippen LogP contribution in [0, 0.1) is 16.7 Å². The molecule has 0 radical (unpaired) electrons. The summed E-state index contributed by atoms with van der Waals surface area (Å²) in [5, 5.41) is 9.00. The first kappa shape index (κ1) is 12.6. The Hall–Kier alpha value is -1.83. The van der Waals surface area contributed by atoms with Crippen molar-refractivity contribution in [2.45, 2.75) is 25.4 Å². The van der Waals surface area contributed by atoms with Crippen LogP contribution in [0.3, 0.4) is 0 Å². The fraction of sp³-hybridized carbons (Fsp3) is 0.385. The summed E-state index contributed by atoms with van der Waals surface area (Å²) >= 11 is 0. The Bertz CT molecular complexity index is 507. The lowest BCUT2D eigenvalue weighted by atomic mass is 9.65. The molecule has 0 spiro atoms. The minimum atomic E-state index is -4.41. The molecule has 94 valence electrons. The highest BCUT2D eigenvalue weighted by Crippen LogP contribution is 2.43. The predicted molar refractivity (Wildman–Crippen MR) is 57.7 cm³/mol. The fourth-order valence-electron chi connectivity index (χ4n) is 2.01. The standard InChI is InChI=1S/C13H10F3NO/c14-13(15,16)10-4-2-9(3-5-10)11(18)12(8-17)6-1-7-12/h2-5H,1,6-7H2. The van der Waals surface area contributed by atoms with Crippen molar-refractivity contribution in [1.29, 1.82) is 5.26 Å². The molecule has 1 saturated carbocycles. The number of Topliss-reactive ketones (excluding diaryl/α,β-unsaturated/α-hetero) is 1. The Morgan fingerprint density at radius 3 is 2.11 bits per heavy atom. The summed E-state index contributed by atoms with van der Waals surface area (Å²) < 4.78 is 37.1. The van der Waals surface area contributed by atoms with E-state index < -0.39 is 17.2 Å². The van der Waals surface area contributed by atoms with Crippen molar-refractivity contribution >= 4 is 5.78 Å². The first-order valence-corrected chi connectivity index (χ1v) is 5.52. The van der Waals surface area contributed by atoms with Gasteiger partial charge in [-0.15, -0.1) is 0 Å². The van der Waals surface area contributed by atoms with Gasteiger partial charge in [0.1, 0.15) is 5.41 Å². The highest BCUT2D eigenvalue weighted by Gasteiger charge is 2.44. The Kier molecular flexibility index (Phi) is 2.89. The van der Waals surface area contributed by atoms with Gasteiger partial charge in [0.05, 0.1) is 11.6 Å². The van der Waals surface area contributed by atoms with Crippen LogP contribution in [0.2, 0.25) is 0 Å². The van der Waals surface area contributed by atoms with E-state index in [-0.39, 0.29) is 11.3 Å². The first-order valence-electron chi connectivity index (χ1n) is 5.52. The Morgan fingerprint density at radius 2 is 1.78 bits per heavy atom. The van der Waals surface area contributed by atoms with E-state index in [2.05, 4.69) is 0 Å². The highest BCUT2D eigenvalue weighted by atomic mass is 19.4. The van der Waals surface area contributed by atoms with Crippen LogP contribution in [0.1, 0.15) is 35.2 Å². The average Bonchev–Trinajstić information content (AvgIpc) is 2.27. The lowest BCUT2D eigenvalue weighted by molar-refractivity contribution is -0.137. The van der Waals surface area contributed by atoms with Gasteiger partial charge in [-0.2, -0.15) is 18.4 Å². The lowest BCUT2D eigenvalue weighted by Crippen LogP contribution is -2.36. The molecule has 2 rings (SSSR count). The number of carbonyl (C=O) groups is 1. The molecule has 1 fully saturated rings. The summed E-state index contributed by atoms with van der Waals surface area (Å²) in [6.45, 7) is 0. The van der Waals surface area contributed by atoms with Crippen LogP contribution in [0.15, 0.2) is 24.3 Å². The molecule has 5 heteroatoms. The smallest absolute Gasteiger partial charge is 0.292 e. The van der Waals surface area contributed by atoms with E-state index in [1.165, 1.54) is 0 Å². The van der Waals surface area contributed by atoms with Crippen molar-refractivity contribution in [2.75, 3.05) is 0 Å². The molecule has 0 amide bonds. The van der Waals surface area contributed by atoms with Crippen molar-refractivity contribution < 1.29 is 18.0 Å². The topological polar surface area (TPSA) is 40.9 Å². The largest absolute Gasteiger partial charge is 0.416 e. The molecule has 1 aliphatic carbocycles. The molecule has 0 aliphatic heterocycles. The number of alkyl halides is 3. The van der Waals surface area contributed by atoms with Crippen LogP contribution < -0.4 is 0 Å². The summed E-state index contributed by atoms with van der Waals surface area (Å²) in [6, 6.07) is 6.01. The maximum atomic E-state index is 12.4. The van der Waals surface area contributed by atoms with Gasteiger partial charge in [-0.25, -0.2) is 0 Å². The van der Waals surface area contributed by atoms with E-state index >= 15 is 0 Å². The molecule has 0 atom stereocenters. The second-order valence-corrected chi connectivity index (χ2v) is 4.45. The van der Waals surface area contributed by atoms with Gasteiger partial charge in [-0.3, -0.25) is 4.79 Å². The van der Waals surface area contributed by atoms with Crippen LogP contribution in [-0.2, 0) is 6.18 Å². The molecular weight excluding hydrogens is 243 g/mol. The third-order valence-corrected chi connectivity index (χ3v) is 3.33. The van der Waals surface area contributed by atoms with E-state index in [9.17, 15) is 18.0 Å². The predicted octanol–water partition coefficient (Wildman–Crippen LogP) is 3.58. The van der Waals surface area contributed by atoms with Crippen LogP contribution in [0.4, 0.5) is 13.2 Å². The molecule has 0 N–H and O–H groups in total. The maximum Gasteiger partial charge on any atom is 0.416 e. The normalized spacial score (nSPS) is 17.7. The summed E-state index contributed by atoms with van der Waals surface area (Å²) in [5.41, 5.74) is -1.64. The molecule has 0 saturated heterocycles. The lowest BCUT2D eigenvalue weighted by Gasteiger charge is -2.33. The Balaban J connectivity index is 2.26.